The van der Waals surface area contributed by atoms with Crippen LogP contribution in [0, 0.1) is 0 Å². The molecule has 1 nitrogen and oxygen atoms in total. The predicted molar refractivity (Wildman–Crippen MR) is 80.5 cm³/mol. The molecule has 2 N–H and O–H groups in total. The van der Waals surface area contributed by atoms with Gasteiger partial charge in [-0.15, -0.1) is 0 Å². The van der Waals surface area contributed by atoms with Crippen molar-refractivity contribution in [3.63, 3.8) is 0 Å². The summed E-state index contributed by atoms with van der Waals surface area (Å²) in [5.41, 5.74) is 8.11. The van der Waals surface area contributed by atoms with Crippen molar-refractivity contribution in [1.29, 1.82) is 0 Å². The van der Waals surface area contributed by atoms with Gasteiger partial charge in [-0.1, -0.05) is 42.5 Å². The molecule has 116 valence electrons. The molecule has 1 aliphatic rings. The zero-order valence-electron chi connectivity index (χ0n) is 12.3. The number of halogens is 3. The van der Waals surface area contributed by atoms with Crippen LogP contribution in [0.1, 0.15) is 47.9 Å². The van der Waals surface area contributed by atoms with Crippen molar-refractivity contribution in [2.75, 3.05) is 0 Å². The molecule has 0 spiro atoms. The van der Waals surface area contributed by atoms with Gasteiger partial charge in [0.2, 0.25) is 0 Å². The third kappa shape index (κ3) is 2.63. The lowest BCUT2D eigenvalue weighted by Gasteiger charge is -2.37. The third-order valence-electron chi connectivity index (χ3n) is 4.52. The minimum atomic E-state index is -4.31. The number of hydrogen-bond donors (Lipinski definition) is 1. The number of alkyl halides is 3. The molecule has 4 heteroatoms. The quantitative estimate of drug-likeness (QED) is 0.804. The summed E-state index contributed by atoms with van der Waals surface area (Å²) in [6.07, 6.45) is -2.80. The Labute approximate surface area is 128 Å². The summed E-state index contributed by atoms with van der Waals surface area (Å²) in [5, 5.41) is 0. The van der Waals surface area contributed by atoms with Crippen molar-refractivity contribution < 1.29 is 13.2 Å². The zero-order chi connectivity index (χ0) is 16.0. The lowest BCUT2D eigenvalue weighted by Crippen LogP contribution is -2.38. The second kappa shape index (κ2) is 5.13. The summed E-state index contributed by atoms with van der Waals surface area (Å²) in [7, 11) is 0. The van der Waals surface area contributed by atoms with Gasteiger partial charge in [0, 0.05) is 11.5 Å². The molecule has 2 atom stereocenters. The van der Waals surface area contributed by atoms with Gasteiger partial charge in [0.15, 0.2) is 0 Å². The molecular weight excluding hydrogens is 287 g/mol. The summed E-state index contributed by atoms with van der Waals surface area (Å²) in [6, 6.07) is 13.4. The van der Waals surface area contributed by atoms with Crippen molar-refractivity contribution >= 4 is 0 Å². The molecule has 2 aromatic rings. The van der Waals surface area contributed by atoms with Crippen LogP contribution in [0.3, 0.4) is 0 Å². The number of benzene rings is 2. The van der Waals surface area contributed by atoms with Crippen LogP contribution in [0.25, 0.3) is 0 Å². The number of hydrogen-bond acceptors (Lipinski definition) is 1. The highest BCUT2D eigenvalue weighted by Crippen LogP contribution is 2.43. The van der Waals surface area contributed by atoms with Gasteiger partial charge in [0.1, 0.15) is 0 Å². The molecule has 0 heterocycles. The second-order valence-electron chi connectivity index (χ2n) is 6.22. The Kier molecular flexibility index (Phi) is 3.52. The summed E-state index contributed by atoms with van der Waals surface area (Å²) in [4.78, 5) is 0. The molecule has 0 aliphatic heterocycles. The van der Waals surface area contributed by atoms with Crippen LogP contribution in [0.5, 0.6) is 0 Å². The molecule has 0 radical (unpaired) electrons. The number of nitrogens with two attached hydrogens (primary N) is 1. The monoisotopic (exact) mass is 305 g/mol. The van der Waals surface area contributed by atoms with E-state index >= 15 is 0 Å². The normalized spacial score (nSPS) is 24.9. The van der Waals surface area contributed by atoms with Crippen LogP contribution in [0.4, 0.5) is 13.2 Å². The van der Waals surface area contributed by atoms with Gasteiger partial charge in [0.25, 0.3) is 0 Å². The minimum absolute atomic E-state index is 0.0323. The smallest absolute Gasteiger partial charge is 0.322 e. The molecule has 3 rings (SSSR count). The number of rotatable bonds is 1. The first-order chi connectivity index (χ1) is 10.3. The van der Waals surface area contributed by atoms with Crippen molar-refractivity contribution in [2.45, 2.75) is 37.4 Å². The molecule has 2 unspecified atom stereocenters. The minimum Gasteiger partial charge on any atom is -0.322 e. The van der Waals surface area contributed by atoms with E-state index in [1.807, 2.05) is 31.2 Å². The highest BCUT2D eigenvalue weighted by molar-refractivity contribution is 5.44. The summed E-state index contributed by atoms with van der Waals surface area (Å²) in [6.45, 7) is 1.98. The van der Waals surface area contributed by atoms with Crippen molar-refractivity contribution in [3.8, 4) is 0 Å². The predicted octanol–water partition coefficient (Wildman–Crippen LogP) is 4.81. The fourth-order valence-electron chi connectivity index (χ4n) is 3.33. The highest BCUT2D eigenvalue weighted by atomic mass is 19.4. The first-order valence-corrected chi connectivity index (χ1v) is 7.34. The Bertz CT molecular complexity index is 689. The van der Waals surface area contributed by atoms with Crippen molar-refractivity contribution in [1.82, 2.24) is 0 Å². The molecule has 2 aromatic carbocycles. The lowest BCUT2D eigenvalue weighted by molar-refractivity contribution is -0.137. The Balaban J connectivity index is 2.07. The number of fused-ring (bicyclic) bond motifs is 1. The maximum atomic E-state index is 12.9. The second-order valence-corrected chi connectivity index (χ2v) is 6.22. The van der Waals surface area contributed by atoms with E-state index in [0.717, 1.165) is 30.0 Å². The topological polar surface area (TPSA) is 26.0 Å². The first-order valence-electron chi connectivity index (χ1n) is 7.34. The molecule has 0 fully saturated rings. The fourth-order valence-corrected chi connectivity index (χ4v) is 3.33. The average molecular weight is 305 g/mol. The van der Waals surface area contributed by atoms with Crippen LogP contribution in [0.2, 0.25) is 0 Å². The summed E-state index contributed by atoms with van der Waals surface area (Å²) >= 11 is 0. The van der Waals surface area contributed by atoms with Gasteiger partial charge < -0.3 is 5.73 Å². The maximum Gasteiger partial charge on any atom is 0.416 e. The average Bonchev–Trinajstić information content (AvgIpc) is 2.47. The third-order valence-corrected chi connectivity index (χ3v) is 4.52. The van der Waals surface area contributed by atoms with E-state index in [1.165, 1.54) is 12.1 Å². The Morgan fingerprint density at radius 2 is 1.82 bits per heavy atom. The van der Waals surface area contributed by atoms with Gasteiger partial charge in [0.05, 0.1) is 5.56 Å². The lowest BCUT2D eigenvalue weighted by atomic mass is 9.71. The fraction of sp³-hybridized carbons (Fsp3) is 0.333. The molecule has 1 aliphatic carbocycles. The van der Waals surface area contributed by atoms with Gasteiger partial charge in [-0.05, 0) is 42.5 Å². The van der Waals surface area contributed by atoms with Crippen LogP contribution < -0.4 is 5.73 Å². The highest BCUT2D eigenvalue weighted by Gasteiger charge is 2.35. The molecule has 22 heavy (non-hydrogen) atoms. The van der Waals surface area contributed by atoms with Crippen LogP contribution in [-0.4, -0.2) is 0 Å². The van der Waals surface area contributed by atoms with Crippen LogP contribution in [-0.2, 0) is 11.7 Å². The standard InChI is InChI=1S/C18H18F3N/c1-17(22)10-9-14(15-7-2-3-8-16(15)17)12-5-4-6-13(11-12)18(19,20)21/h2-8,11,14H,9-10,22H2,1H3. The Morgan fingerprint density at radius 1 is 1.09 bits per heavy atom. The maximum absolute atomic E-state index is 12.9. The molecule has 0 saturated carbocycles. The van der Waals surface area contributed by atoms with E-state index in [4.69, 9.17) is 5.73 Å². The Hall–Kier alpha value is -1.81. The Morgan fingerprint density at radius 3 is 2.55 bits per heavy atom. The van der Waals surface area contributed by atoms with E-state index in [0.29, 0.717) is 5.56 Å². The summed E-state index contributed by atoms with van der Waals surface area (Å²) in [5.74, 6) is -0.0323. The first kappa shape index (κ1) is 15.1. The van der Waals surface area contributed by atoms with Crippen LogP contribution in [0.15, 0.2) is 48.5 Å². The van der Waals surface area contributed by atoms with Crippen molar-refractivity contribution in [3.05, 3.63) is 70.8 Å². The van der Waals surface area contributed by atoms with E-state index in [9.17, 15) is 13.2 Å². The van der Waals surface area contributed by atoms with Crippen molar-refractivity contribution in [2.24, 2.45) is 5.73 Å². The van der Waals surface area contributed by atoms with E-state index in [1.54, 1.807) is 6.07 Å². The van der Waals surface area contributed by atoms with Gasteiger partial charge in [-0.2, -0.15) is 13.2 Å². The molecule has 0 saturated heterocycles. The molecule has 0 aromatic heterocycles. The van der Waals surface area contributed by atoms with E-state index < -0.39 is 17.3 Å². The van der Waals surface area contributed by atoms with E-state index in [-0.39, 0.29) is 5.92 Å². The largest absolute Gasteiger partial charge is 0.416 e. The van der Waals surface area contributed by atoms with E-state index in [2.05, 4.69) is 0 Å². The molecular formula is C18H18F3N. The van der Waals surface area contributed by atoms with Gasteiger partial charge >= 0.3 is 6.18 Å². The molecule has 0 bridgehead atoms. The van der Waals surface area contributed by atoms with Gasteiger partial charge in [-0.3, -0.25) is 0 Å². The summed E-state index contributed by atoms with van der Waals surface area (Å²) < 4.78 is 38.8. The molecule has 0 amide bonds. The SMILES string of the molecule is CC1(N)CCC(c2cccc(C(F)(F)F)c2)c2ccccc21. The van der Waals surface area contributed by atoms with Crippen LogP contribution >= 0.6 is 0 Å². The van der Waals surface area contributed by atoms with Gasteiger partial charge in [-0.25, -0.2) is 0 Å². The zero-order valence-corrected chi connectivity index (χ0v) is 12.3.